The maximum absolute atomic E-state index is 12.9. The number of halogens is 1. The van der Waals surface area contributed by atoms with E-state index in [0.717, 1.165) is 70.9 Å². The Balaban J connectivity index is 0.000000283. The maximum atomic E-state index is 12.9. The van der Waals surface area contributed by atoms with Gasteiger partial charge in [-0.15, -0.1) is 0 Å². The first-order valence-corrected chi connectivity index (χ1v) is 33.0. The van der Waals surface area contributed by atoms with Gasteiger partial charge in [-0.3, -0.25) is 0 Å². The Kier molecular flexibility index (Phi) is 31.9. The molecule has 0 aliphatic carbocycles. The number of unbranched alkanes of at least 4 members (excludes halogenated alkanes) is 4. The van der Waals surface area contributed by atoms with Gasteiger partial charge in [-0.2, -0.15) is 0 Å². The van der Waals surface area contributed by atoms with E-state index in [9.17, 15) is 38.4 Å². The van der Waals surface area contributed by atoms with Crippen molar-refractivity contribution in [1.82, 2.24) is 0 Å². The van der Waals surface area contributed by atoms with Crippen LogP contribution in [-0.2, 0) is 38.1 Å². The lowest BCUT2D eigenvalue weighted by molar-refractivity contribution is -0.138. The summed E-state index contributed by atoms with van der Waals surface area (Å²) in [5.41, 5.74) is 5.02. The van der Waals surface area contributed by atoms with Gasteiger partial charge in [0.25, 0.3) is 0 Å². The molecule has 0 heterocycles. The van der Waals surface area contributed by atoms with Crippen LogP contribution in [0.2, 0.25) is 0 Å². The molecule has 8 aromatic rings. The number of esters is 8. The average Bonchev–Trinajstić information content (AvgIpc) is 0.853. The molecular weight excluding hydrogens is 1360 g/mol. The van der Waals surface area contributed by atoms with E-state index >= 15 is 0 Å². The minimum Gasteiger partial charge on any atom is -0.494 e. The number of rotatable bonds is 38. The third kappa shape index (κ3) is 27.2. The second-order valence-corrected chi connectivity index (χ2v) is 22.4. The summed E-state index contributed by atoms with van der Waals surface area (Å²) >= 11 is 3.38. The van der Waals surface area contributed by atoms with E-state index in [1.807, 2.05) is 72.8 Å². The smallest absolute Gasteiger partial charge is 0.343 e. The second kappa shape index (κ2) is 42.1. The summed E-state index contributed by atoms with van der Waals surface area (Å²) in [6.07, 6.45) is 10.1. The van der Waals surface area contributed by atoms with Gasteiger partial charge in [0.15, 0.2) is 0 Å². The predicted molar refractivity (Wildman–Crippen MR) is 381 cm³/mol. The SMILES string of the molecule is C=CC(=O)OCCCCOc1ccc(C(=O)Oc2ccc(C(=O)Oc3ccc(-c4ccc(OCCCCOC(=O)C=C)cc4)cc3)cc2)cc1.C=CC(=O)OCCCCOc1ccc(C(=O)Oc2ccc(C(=O)Oc3ccc(-c4ccc(OCCCCOC(=O)C=C)cc4)cc3)cc2Br)cc1. The van der Waals surface area contributed by atoms with Crippen molar-refractivity contribution in [3.8, 4) is 68.2 Å². The van der Waals surface area contributed by atoms with E-state index in [1.165, 1.54) is 42.5 Å². The minimum absolute atomic E-state index is 0.237. The first kappa shape index (κ1) is 76.5. The molecule has 0 fully saturated rings. The first-order valence-electron chi connectivity index (χ1n) is 32.2. The Morgan fingerprint density at radius 2 is 0.485 bits per heavy atom. The maximum Gasteiger partial charge on any atom is 0.343 e. The van der Waals surface area contributed by atoms with Crippen LogP contribution in [0.25, 0.3) is 22.3 Å². The summed E-state index contributed by atoms with van der Waals surface area (Å²) in [7, 11) is 0. The first-order chi connectivity index (χ1) is 49.1. The molecule has 0 saturated carbocycles. The molecular formula is C80H75BrO20. The fourth-order valence-corrected chi connectivity index (χ4v) is 9.28. The predicted octanol–water partition coefficient (Wildman–Crippen LogP) is 15.9. The molecule has 0 radical (unpaired) electrons. The molecule has 0 aliphatic heterocycles. The number of carbonyl (C=O) groups excluding carboxylic acids is 8. The van der Waals surface area contributed by atoms with Gasteiger partial charge in [-0.25, -0.2) is 38.4 Å². The number of carbonyl (C=O) groups is 8. The lowest BCUT2D eigenvalue weighted by Crippen LogP contribution is -2.11. The molecule has 0 saturated heterocycles. The van der Waals surface area contributed by atoms with Crippen LogP contribution < -0.4 is 37.9 Å². The summed E-state index contributed by atoms with van der Waals surface area (Å²) < 4.78 is 65.0. The lowest BCUT2D eigenvalue weighted by Gasteiger charge is -2.10. The molecule has 0 atom stereocenters. The van der Waals surface area contributed by atoms with Gasteiger partial charge in [-0.1, -0.05) is 74.8 Å². The number of hydrogen-bond donors (Lipinski definition) is 0. The van der Waals surface area contributed by atoms with Gasteiger partial charge in [-0.05, 0) is 229 Å². The number of ether oxygens (including phenoxy) is 12. The van der Waals surface area contributed by atoms with Crippen molar-refractivity contribution in [3.05, 3.63) is 265 Å². The van der Waals surface area contributed by atoms with Gasteiger partial charge in [0, 0.05) is 24.3 Å². The molecule has 522 valence electrons. The standard InChI is InChI=1S/C40H37BrO10.C40H38O10/c1-3-37(42)48-25-7-5-23-46-32-16-9-28(10-17-32)29-11-20-34(21-12-29)50-40(45)31-15-22-36(35(41)27-31)51-39(44)30-13-18-33(19-14-30)47-24-6-8-26-49-38(43)4-2;1-3-37(41)47-27-7-5-25-45-33-17-9-29(10-18-33)30-11-21-35(22-12-30)49-40(44)32-15-23-36(24-16-32)50-39(43)31-13-19-34(20-14-31)46-26-6-8-28-48-38(42)4-2/h3-4,9-22,27H,1-2,5-8,23-26H2;3-4,9-24H,1-2,5-8,25-28H2. The Bertz CT molecular complexity index is 4060. The molecule has 0 amide bonds. The lowest BCUT2D eigenvalue weighted by atomic mass is 10.1. The van der Waals surface area contributed by atoms with Crippen LogP contribution in [0.1, 0.15) is 92.8 Å². The largest absolute Gasteiger partial charge is 0.494 e. The highest BCUT2D eigenvalue weighted by molar-refractivity contribution is 9.10. The van der Waals surface area contributed by atoms with E-state index < -0.39 is 47.8 Å². The van der Waals surface area contributed by atoms with Crippen molar-refractivity contribution in [2.75, 3.05) is 52.9 Å². The van der Waals surface area contributed by atoms with Crippen LogP contribution in [0.5, 0.6) is 46.0 Å². The van der Waals surface area contributed by atoms with E-state index in [4.69, 9.17) is 56.8 Å². The summed E-state index contributed by atoms with van der Waals surface area (Å²) in [5.74, 6) is -0.107. The monoisotopic (exact) mass is 1430 g/mol. The van der Waals surface area contributed by atoms with E-state index in [0.29, 0.717) is 136 Å². The molecule has 8 aromatic carbocycles. The van der Waals surface area contributed by atoms with Crippen LogP contribution in [0, 0.1) is 0 Å². The number of benzene rings is 8. The van der Waals surface area contributed by atoms with Crippen LogP contribution in [0.4, 0.5) is 0 Å². The topological polar surface area (TPSA) is 247 Å². The second-order valence-electron chi connectivity index (χ2n) is 21.6. The highest BCUT2D eigenvalue weighted by atomic mass is 79.9. The molecule has 20 nitrogen and oxygen atoms in total. The van der Waals surface area contributed by atoms with Crippen molar-refractivity contribution >= 4 is 63.7 Å². The van der Waals surface area contributed by atoms with Crippen LogP contribution in [0.3, 0.4) is 0 Å². The van der Waals surface area contributed by atoms with E-state index in [-0.39, 0.29) is 17.1 Å². The molecule has 0 spiro atoms. The fourth-order valence-electron chi connectivity index (χ4n) is 8.82. The molecule has 0 N–H and O–H groups in total. The summed E-state index contributed by atoms with van der Waals surface area (Å²) in [5, 5.41) is 0. The summed E-state index contributed by atoms with van der Waals surface area (Å²) in [6, 6.07) is 53.3. The third-order valence-electron chi connectivity index (χ3n) is 14.2. The van der Waals surface area contributed by atoms with Gasteiger partial charge >= 0.3 is 47.8 Å². The molecule has 0 aliphatic rings. The molecule has 0 bridgehead atoms. The minimum atomic E-state index is -0.579. The van der Waals surface area contributed by atoms with Gasteiger partial charge < -0.3 is 56.8 Å². The molecule has 101 heavy (non-hydrogen) atoms. The zero-order valence-corrected chi connectivity index (χ0v) is 57.0. The van der Waals surface area contributed by atoms with Crippen molar-refractivity contribution in [2.24, 2.45) is 0 Å². The fraction of sp³-hybridized carbons (Fsp3) is 0.200. The highest BCUT2D eigenvalue weighted by Crippen LogP contribution is 2.31. The van der Waals surface area contributed by atoms with Crippen LogP contribution in [0.15, 0.2) is 243 Å². The Hall–Kier alpha value is -11.8. The summed E-state index contributed by atoms with van der Waals surface area (Å²) in [6.45, 7) is 16.5. The van der Waals surface area contributed by atoms with E-state index in [1.54, 1.807) is 72.8 Å². The number of hydrogen-bond acceptors (Lipinski definition) is 20. The van der Waals surface area contributed by atoms with Gasteiger partial charge in [0.05, 0.1) is 79.6 Å². The zero-order valence-electron chi connectivity index (χ0n) is 55.4. The molecule has 8 rings (SSSR count). The highest BCUT2D eigenvalue weighted by Gasteiger charge is 2.18. The molecule has 0 aromatic heterocycles. The zero-order chi connectivity index (χ0) is 72.0. The third-order valence-corrected chi connectivity index (χ3v) is 14.8. The molecule has 0 unspecified atom stereocenters. The quantitative estimate of drug-likeness (QED) is 0.0115. The summed E-state index contributed by atoms with van der Waals surface area (Å²) in [4.78, 5) is 95.2. The van der Waals surface area contributed by atoms with Crippen LogP contribution in [-0.4, -0.2) is 101 Å². The van der Waals surface area contributed by atoms with Gasteiger partial charge in [0.2, 0.25) is 0 Å². The average molecular weight is 1440 g/mol. The van der Waals surface area contributed by atoms with Crippen LogP contribution >= 0.6 is 15.9 Å². The van der Waals surface area contributed by atoms with Crippen molar-refractivity contribution < 1.29 is 95.2 Å². The Labute approximate surface area is 593 Å². The van der Waals surface area contributed by atoms with Crippen molar-refractivity contribution in [1.29, 1.82) is 0 Å². The van der Waals surface area contributed by atoms with Gasteiger partial charge in [0.1, 0.15) is 46.0 Å². The van der Waals surface area contributed by atoms with Crippen molar-refractivity contribution in [2.45, 2.75) is 51.4 Å². The normalized spacial score (nSPS) is 10.3. The van der Waals surface area contributed by atoms with Crippen molar-refractivity contribution in [3.63, 3.8) is 0 Å². The van der Waals surface area contributed by atoms with E-state index in [2.05, 4.69) is 42.2 Å². The molecule has 21 heteroatoms. The Morgan fingerprint density at radius 1 is 0.267 bits per heavy atom. The Morgan fingerprint density at radius 3 is 0.752 bits per heavy atom.